The molecule has 7 nitrogen and oxygen atoms in total. The Hall–Kier alpha value is -3.04. The lowest BCUT2D eigenvalue weighted by Crippen LogP contribution is -2.43. The molecule has 1 amide bonds. The molecular weight excluding hydrogens is 425 g/mol. The van der Waals surface area contributed by atoms with E-state index in [0.717, 1.165) is 4.68 Å². The average Bonchev–Trinajstić information content (AvgIpc) is 3.22. The van der Waals surface area contributed by atoms with Crippen LogP contribution in [0.2, 0.25) is 0 Å². The van der Waals surface area contributed by atoms with E-state index < -0.39 is 30.1 Å². The van der Waals surface area contributed by atoms with Crippen molar-refractivity contribution in [2.24, 2.45) is 5.92 Å². The number of carbonyl (C=O) groups is 2. The summed E-state index contributed by atoms with van der Waals surface area (Å²) in [6, 6.07) is 6.37. The summed E-state index contributed by atoms with van der Waals surface area (Å²) in [6.07, 6.45) is -2.34. The Morgan fingerprint density at radius 1 is 1.25 bits per heavy atom. The van der Waals surface area contributed by atoms with Gasteiger partial charge in [0.05, 0.1) is 24.8 Å². The first-order valence-corrected chi connectivity index (χ1v) is 10.7. The zero-order chi connectivity index (χ0) is 22.9. The lowest BCUT2D eigenvalue weighted by atomic mass is 9.96. The highest BCUT2D eigenvalue weighted by Crippen LogP contribution is 2.44. The van der Waals surface area contributed by atoms with Gasteiger partial charge in [0.1, 0.15) is 11.4 Å². The van der Waals surface area contributed by atoms with Crippen LogP contribution < -0.4 is 5.32 Å². The van der Waals surface area contributed by atoms with Crippen LogP contribution in [0.25, 0.3) is 0 Å². The molecule has 0 radical (unpaired) electrons. The van der Waals surface area contributed by atoms with Crippen LogP contribution in [0, 0.1) is 5.92 Å². The van der Waals surface area contributed by atoms with E-state index >= 15 is 0 Å². The smallest absolute Gasteiger partial charge is 0.410 e. The SMILES string of the molecule is CCOC(=O)[C@@H]1CCCN(C(=O)c2cnn3c2N[C@@H](c2ccccc2)C[C@H]3C(F)(F)F)C1. The molecule has 3 atom stereocenters. The van der Waals surface area contributed by atoms with E-state index in [9.17, 15) is 22.8 Å². The molecule has 0 saturated carbocycles. The minimum atomic E-state index is -4.52. The van der Waals surface area contributed by atoms with Crippen molar-refractivity contribution >= 4 is 17.7 Å². The molecule has 0 spiro atoms. The van der Waals surface area contributed by atoms with Crippen molar-refractivity contribution in [3.8, 4) is 0 Å². The molecule has 0 bridgehead atoms. The van der Waals surface area contributed by atoms with Crippen molar-refractivity contribution in [3.05, 3.63) is 47.7 Å². The summed E-state index contributed by atoms with van der Waals surface area (Å²) in [5, 5.41) is 7.03. The predicted octanol–water partition coefficient (Wildman–Crippen LogP) is 3.96. The summed E-state index contributed by atoms with van der Waals surface area (Å²) in [4.78, 5) is 26.9. The number of carbonyl (C=O) groups excluding carboxylic acids is 2. The number of ether oxygens (including phenoxy) is 1. The van der Waals surface area contributed by atoms with E-state index in [0.29, 0.717) is 24.9 Å². The number of amides is 1. The molecule has 1 fully saturated rings. The summed E-state index contributed by atoms with van der Waals surface area (Å²) in [5.41, 5.74) is 0.775. The largest absolute Gasteiger partial charge is 0.466 e. The van der Waals surface area contributed by atoms with Gasteiger partial charge in [-0.25, -0.2) is 4.68 Å². The Bertz CT molecular complexity index is 977. The molecule has 2 aliphatic rings. The highest BCUT2D eigenvalue weighted by Gasteiger charge is 2.47. The maximum absolute atomic E-state index is 13.9. The number of hydrogen-bond donors (Lipinski definition) is 1. The maximum atomic E-state index is 13.9. The number of hydrogen-bond acceptors (Lipinski definition) is 5. The highest BCUT2D eigenvalue weighted by atomic mass is 19.4. The number of piperidine rings is 1. The number of likely N-dealkylation sites (tertiary alicyclic amines) is 1. The van der Waals surface area contributed by atoms with Crippen LogP contribution in [0.3, 0.4) is 0 Å². The fourth-order valence-electron chi connectivity index (χ4n) is 4.41. The number of alkyl halides is 3. The third-order valence-electron chi connectivity index (χ3n) is 6.00. The predicted molar refractivity (Wildman–Crippen MR) is 110 cm³/mol. The third kappa shape index (κ3) is 4.31. The van der Waals surface area contributed by atoms with Gasteiger partial charge in [0, 0.05) is 19.5 Å². The van der Waals surface area contributed by atoms with Crippen molar-refractivity contribution in [2.75, 3.05) is 25.0 Å². The van der Waals surface area contributed by atoms with Gasteiger partial charge in [-0.05, 0) is 25.3 Å². The Balaban J connectivity index is 1.63. The van der Waals surface area contributed by atoms with Crippen LogP contribution in [-0.2, 0) is 9.53 Å². The quantitative estimate of drug-likeness (QED) is 0.714. The molecule has 10 heteroatoms. The van der Waals surface area contributed by atoms with Crippen molar-refractivity contribution < 1.29 is 27.5 Å². The third-order valence-corrected chi connectivity index (χ3v) is 6.00. The van der Waals surface area contributed by atoms with Crippen LogP contribution in [0.4, 0.5) is 19.0 Å². The fourth-order valence-corrected chi connectivity index (χ4v) is 4.41. The number of benzene rings is 1. The van der Waals surface area contributed by atoms with E-state index in [1.165, 1.54) is 11.1 Å². The van der Waals surface area contributed by atoms with E-state index in [4.69, 9.17) is 4.74 Å². The van der Waals surface area contributed by atoms with Crippen molar-refractivity contribution in [1.82, 2.24) is 14.7 Å². The zero-order valence-corrected chi connectivity index (χ0v) is 17.6. The minimum Gasteiger partial charge on any atom is -0.466 e. The summed E-state index contributed by atoms with van der Waals surface area (Å²) < 4.78 is 47.5. The number of esters is 1. The first kappa shape index (κ1) is 22.2. The maximum Gasteiger partial charge on any atom is 0.410 e. The van der Waals surface area contributed by atoms with Crippen LogP contribution in [0.1, 0.15) is 54.2 Å². The summed E-state index contributed by atoms with van der Waals surface area (Å²) >= 11 is 0. The highest BCUT2D eigenvalue weighted by molar-refractivity contribution is 5.99. The number of nitrogens with one attached hydrogen (secondary N) is 1. The molecule has 2 aromatic rings. The Labute approximate surface area is 183 Å². The molecule has 1 aromatic carbocycles. The van der Waals surface area contributed by atoms with E-state index in [1.54, 1.807) is 37.3 Å². The molecule has 3 heterocycles. The van der Waals surface area contributed by atoms with Gasteiger partial charge < -0.3 is 15.0 Å². The van der Waals surface area contributed by atoms with Gasteiger partial charge in [0.25, 0.3) is 5.91 Å². The van der Waals surface area contributed by atoms with Gasteiger partial charge in [-0.3, -0.25) is 9.59 Å². The molecule has 1 aromatic heterocycles. The van der Waals surface area contributed by atoms with E-state index in [1.807, 2.05) is 0 Å². The summed E-state index contributed by atoms with van der Waals surface area (Å²) in [7, 11) is 0. The lowest BCUT2D eigenvalue weighted by molar-refractivity contribution is -0.173. The second kappa shape index (κ2) is 8.84. The van der Waals surface area contributed by atoms with Crippen LogP contribution >= 0.6 is 0 Å². The molecule has 0 aliphatic carbocycles. The van der Waals surface area contributed by atoms with Gasteiger partial charge in [0.15, 0.2) is 6.04 Å². The Morgan fingerprint density at radius 2 is 2.00 bits per heavy atom. The fraction of sp³-hybridized carbons (Fsp3) is 0.500. The lowest BCUT2D eigenvalue weighted by Gasteiger charge is -2.35. The van der Waals surface area contributed by atoms with Crippen LogP contribution in [0.5, 0.6) is 0 Å². The molecule has 32 heavy (non-hydrogen) atoms. The molecule has 1 N–H and O–H groups in total. The molecule has 2 aliphatic heterocycles. The monoisotopic (exact) mass is 450 g/mol. The topological polar surface area (TPSA) is 76.5 Å². The Morgan fingerprint density at radius 3 is 2.69 bits per heavy atom. The average molecular weight is 450 g/mol. The number of fused-ring (bicyclic) bond motifs is 1. The normalized spacial score (nSPS) is 23.2. The zero-order valence-electron chi connectivity index (χ0n) is 17.6. The number of halogens is 3. The number of anilines is 1. The van der Waals surface area contributed by atoms with E-state index in [2.05, 4.69) is 10.4 Å². The number of rotatable bonds is 4. The first-order chi connectivity index (χ1) is 15.3. The van der Waals surface area contributed by atoms with E-state index in [-0.39, 0.29) is 36.9 Å². The van der Waals surface area contributed by atoms with Crippen LogP contribution in [0.15, 0.2) is 36.5 Å². The molecule has 0 unspecified atom stereocenters. The Kier molecular flexibility index (Phi) is 6.12. The van der Waals surface area contributed by atoms with Gasteiger partial charge in [-0.1, -0.05) is 30.3 Å². The number of aromatic nitrogens is 2. The van der Waals surface area contributed by atoms with Gasteiger partial charge in [-0.15, -0.1) is 0 Å². The minimum absolute atomic E-state index is 0.0516. The van der Waals surface area contributed by atoms with Crippen molar-refractivity contribution in [2.45, 2.75) is 44.4 Å². The van der Waals surface area contributed by atoms with Crippen molar-refractivity contribution in [3.63, 3.8) is 0 Å². The summed E-state index contributed by atoms with van der Waals surface area (Å²) in [5.74, 6) is -1.19. The number of nitrogens with zero attached hydrogens (tertiary/aromatic N) is 3. The molecule has 4 rings (SSSR count). The first-order valence-electron chi connectivity index (χ1n) is 10.7. The van der Waals surface area contributed by atoms with Crippen molar-refractivity contribution in [1.29, 1.82) is 0 Å². The molecular formula is C22H25F3N4O3. The van der Waals surface area contributed by atoms with Gasteiger partial charge in [0.2, 0.25) is 0 Å². The second-order valence-electron chi connectivity index (χ2n) is 8.09. The standard InChI is InChI=1S/C22H25F3N4O3/c1-2-32-21(31)15-9-6-10-28(13-15)20(30)16-12-26-29-18(22(23,24)25)11-17(27-19(16)29)14-7-4-3-5-8-14/h3-5,7-8,12,15,17-18,27H,2,6,9-11,13H2,1H3/t15-,17-,18+/m1/s1. The van der Waals surface area contributed by atoms with Gasteiger partial charge in [-0.2, -0.15) is 18.3 Å². The second-order valence-corrected chi connectivity index (χ2v) is 8.09. The van der Waals surface area contributed by atoms with Gasteiger partial charge >= 0.3 is 12.1 Å². The summed E-state index contributed by atoms with van der Waals surface area (Å²) in [6.45, 7) is 2.57. The molecule has 1 saturated heterocycles. The van der Waals surface area contributed by atoms with Crippen LogP contribution in [-0.4, -0.2) is 52.4 Å². The molecule has 172 valence electrons.